The third kappa shape index (κ3) is 4.44. The highest BCUT2D eigenvalue weighted by Crippen LogP contribution is 2.16. The molecule has 1 atom stereocenters. The van der Waals surface area contributed by atoms with Crippen LogP contribution in [0.2, 0.25) is 0 Å². The number of amides is 2. The van der Waals surface area contributed by atoms with E-state index in [1.807, 2.05) is 18.2 Å². The molecule has 5 nitrogen and oxygen atoms in total. The van der Waals surface area contributed by atoms with E-state index >= 15 is 0 Å². The van der Waals surface area contributed by atoms with Gasteiger partial charge in [-0.1, -0.05) is 6.07 Å². The maximum atomic E-state index is 11.7. The van der Waals surface area contributed by atoms with Gasteiger partial charge in [0.1, 0.15) is 5.75 Å². The number of urea groups is 1. The van der Waals surface area contributed by atoms with Crippen molar-refractivity contribution in [3.63, 3.8) is 0 Å². The fourth-order valence-corrected chi connectivity index (χ4v) is 2.24. The summed E-state index contributed by atoms with van der Waals surface area (Å²) in [7, 11) is 1.60. The third-order valence-corrected chi connectivity index (χ3v) is 3.27. The van der Waals surface area contributed by atoms with Crippen molar-refractivity contribution in [1.82, 2.24) is 10.6 Å². The molecule has 5 heteroatoms. The van der Waals surface area contributed by atoms with Gasteiger partial charge in [-0.05, 0) is 37.9 Å². The molecule has 0 radical (unpaired) electrons. The monoisotopic (exact) mass is 263 g/mol. The number of carbonyl (C=O) groups is 1. The van der Waals surface area contributed by atoms with Crippen molar-refractivity contribution in [2.45, 2.75) is 25.3 Å². The van der Waals surface area contributed by atoms with Crippen LogP contribution in [0, 0.1) is 0 Å². The highest BCUT2D eigenvalue weighted by Gasteiger charge is 2.13. The lowest BCUT2D eigenvalue weighted by Crippen LogP contribution is -2.33. The number of ether oxygens (including phenoxy) is 1. The molecule has 1 saturated heterocycles. The molecular formula is C14H21N3O2. The minimum absolute atomic E-state index is 0.175. The average Bonchev–Trinajstić information content (AvgIpc) is 2.92. The van der Waals surface area contributed by atoms with Crippen LogP contribution in [0.15, 0.2) is 24.3 Å². The van der Waals surface area contributed by atoms with Crippen LogP contribution < -0.4 is 20.7 Å². The minimum atomic E-state index is -0.175. The first-order chi connectivity index (χ1) is 9.28. The number of nitrogens with one attached hydrogen (secondary N) is 3. The summed E-state index contributed by atoms with van der Waals surface area (Å²) >= 11 is 0. The van der Waals surface area contributed by atoms with Crippen molar-refractivity contribution in [2.75, 3.05) is 25.5 Å². The first-order valence-electron chi connectivity index (χ1n) is 6.70. The summed E-state index contributed by atoms with van der Waals surface area (Å²) in [5, 5.41) is 9.06. The molecule has 2 amide bonds. The van der Waals surface area contributed by atoms with Crippen molar-refractivity contribution in [1.29, 1.82) is 0 Å². The Hall–Kier alpha value is -1.75. The molecule has 1 aliphatic rings. The van der Waals surface area contributed by atoms with Gasteiger partial charge in [-0.3, -0.25) is 0 Å². The fraction of sp³-hybridized carbons (Fsp3) is 0.500. The standard InChI is InChI=1S/C14H21N3O2/c1-19-13-6-2-4-12(10-13)17-14(18)16-9-7-11-5-3-8-15-11/h2,4,6,10-11,15H,3,5,7-9H2,1H3,(H2,16,17,18)/t11-/m0/s1. The lowest BCUT2D eigenvalue weighted by molar-refractivity contribution is 0.251. The Bertz CT molecular complexity index is 417. The van der Waals surface area contributed by atoms with E-state index in [0.717, 1.165) is 24.4 Å². The largest absolute Gasteiger partial charge is 0.497 e. The van der Waals surface area contributed by atoms with Crippen molar-refractivity contribution >= 4 is 11.7 Å². The lowest BCUT2D eigenvalue weighted by atomic mass is 10.1. The highest BCUT2D eigenvalue weighted by atomic mass is 16.5. The minimum Gasteiger partial charge on any atom is -0.497 e. The maximum absolute atomic E-state index is 11.7. The molecule has 1 fully saturated rings. The summed E-state index contributed by atoms with van der Waals surface area (Å²) in [4.78, 5) is 11.7. The number of benzene rings is 1. The second-order valence-corrected chi connectivity index (χ2v) is 4.69. The van der Waals surface area contributed by atoms with Crippen molar-refractivity contribution in [3.05, 3.63) is 24.3 Å². The first kappa shape index (κ1) is 13.7. The van der Waals surface area contributed by atoms with E-state index in [1.165, 1.54) is 12.8 Å². The molecule has 1 heterocycles. The summed E-state index contributed by atoms with van der Waals surface area (Å²) in [5.41, 5.74) is 0.732. The molecule has 3 N–H and O–H groups in total. The molecule has 0 unspecified atom stereocenters. The Morgan fingerprint density at radius 3 is 3.16 bits per heavy atom. The molecule has 0 spiro atoms. The Morgan fingerprint density at radius 1 is 1.53 bits per heavy atom. The third-order valence-electron chi connectivity index (χ3n) is 3.27. The number of hydrogen-bond donors (Lipinski definition) is 3. The molecule has 104 valence electrons. The molecule has 1 aliphatic heterocycles. The van der Waals surface area contributed by atoms with Gasteiger partial charge in [-0.15, -0.1) is 0 Å². The molecule has 0 saturated carbocycles. The Labute approximate surface area is 113 Å². The van der Waals surface area contributed by atoms with E-state index in [2.05, 4.69) is 16.0 Å². The second kappa shape index (κ2) is 6.99. The van der Waals surface area contributed by atoms with E-state index in [9.17, 15) is 4.79 Å². The average molecular weight is 263 g/mol. The molecule has 19 heavy (non-hydrogen) atoms. The van der Waals surface area contributed by atoms with Gasteiger partial charge >= 0.3 is 6.03 Å². The summed E-state index contributed by atoms with van der Waals surface area (Å²) < 4.78 is 5.11. The summed E-state index contributed by atoms with van der Waals surface area (Å²) in [5.74, 6) is 0.730. The number of carbonyl (C=O) groups excluding carboxylic acids is 1. The van der Waals surface area contributed by atoms with Gasteiger partial charge in [-0.25, -0.2) is 4.79 Å². The Kier molecular flexibility index (Phi) is 5.03. The van der Waals surface area contributed by atoms with E-state index in [4.69, 9.17) is 4.74 Å². The smallest absolute Gasteiger partial charge is 0.319 e. The number of rotatable bonds is 5. The Balaban J connectivity index is 1.70. The molecule has 1 aromatic carbocycles. The normalized spacial score (nSPS) is 18.1. The van der Waals surface area contributed by atoms with Gasteiger partial charge in [0.25, 0.3) is 0 Å². The Morgan fingerprint density at radius 2 is 2.42 bits per heavy atom. The van der Waals surface area contributed by atoms with Gasteiger partial charge < -0.3 is 20.7 Å². The summed E-state index contributed by atoms with van der Waals surface area (Å²) in [6.45, 7) is 1.79. The van der Waals surface area contributed by atoms with Gasteiger partial charge in [-0.2, -0.15) is 0 Å². The van der Waals surface area contributed by atoms with Crippen molar-refractivity contribution in [3.8, 4) is 5.75 Å². The molecule has 2 rings (SSSR count). The molecule has 0 aliphatic carbocycles. The van der Waals surface area contributed by atoms with Crippen LogP contribution >= 0.6 is 0 Å². The van der Waals surface area contributed by atoms with Crippen LogP contribution in [0.5, 0.6) is 5.75 Å². The first-order valence-corrected chi connectivity index (χ1v) is 6.70. The van der Waals surface area contributed by atoms with Gasteiger partial charge in [0.15, 0.2) is 0 Å². The highest BCUT2D eigenvalue weighted by molar-refractivity contribution is 5.89. The molecular weight excluding hydrogens is 242 g/mol. The van der Waals surface area contributed by atoms with Gasteiger partial charge in [0, 0.05) is 24.3 Å². The number of hydrogen-bond acceptors (Lipinski definition) is 3. The van der Waals surface area contributed by atoms with Crippen LogP contribution in [-0.2, 0) is 0 Å². The second-order valence-electron chi connectivity index (χ2n) is 4.69. The van der Waals surface area contributed by atoms with E-state index in [0.29, 0.717) is 12.6 Å². The number of anilines is 1. The summed E-state index contributed by atoms with van der Waals surface area (Å²) in [6.07, 6.45) is 3.42. The number of methoxy groups -OCH3 is 1. The molecule has 0 bridgehead atoms. The van der Waals surface area contributed by atoms with E-state index < -0.39 is 0 Å². The summed E-state index contributed by atoms with van der Waals surface area (Å²) in [6, 6.07) is 7.69. The van der Waals surface area contributed by atoms with Crippen LogP contribution in [0.4, 0.5) is 10.5 Å². The molecule has 1 aromatic rings. The zero-order valence-electron chi connectivity index (χ0n) is 11.2. The topological polar surface area (TPSA) is 62.4 Å². The quantitative estimate of drug-likeness (QED) is 0.761. The van der Waals surface area contributed by atoms with Crippen LogP contribution in [0.3, 0.4) is 0 Å². The SMILES string of the molecule is COc1cccc(NC(=O)NCC[C@@H]2CCCN2)c1. The van der Waals surface area contributed by atoms with Crippen LogP contribution in [-0.4, -0.2) is 32.3 Å². The predicted octanol–water partition coefficient (Wildman–Crippen LogP) is 1.96. The zero-order chi connectivity index (χ0) is 13.5. The van der Waals surface area contributed by atoms with Gasteiger partial charge in [0.2, 0.25) is 0 Å². The van der Waals surface area contributed by atoms with Gasteiger partial charge in [0.05, 0.1) is 7.11 Å². The predicted molar refractivity (Wildman–Crippen MR) is 75.7 cm³/mol. The van der Waals surface area contributed by atoms with Crippen molar-refractivity contribution < 1.29 is 9.53 Å². The van der Waals surface area contributed by atoms with Crippen LogP contribution in [0.1, 0.15) is 19.3 Å². The fourth-order valence-electron chi connectivity index (χ4n) is 2.24. The zero-order valence-corrected chi connectivity index (χ0v) is 11.2. The maximum Gasteiger partial charge on any atom is 0.319 e. The van der Waals surface area contributed by atoms with E-state index in [1.54, 1.807) is 13.2 Å². The molecule has 0 aromatic heterocycles. The lowest BCUT2D eigenvalue weighted by Gasteiger charge is -2.11. The van der Waals surface area contributed by atoms with Crippen LogP contribution in [0.25, 0.3) is 0 Å². The van der Waals surface area contributed by atoms with Crippen molar-refractivity contribution in [2.24, 2.45) is 0 Å². The van der Waals surface area contributed by atoms with E-state index in [-0.39, 0.29) is 6.03 Å².